The van der Waals surface area contributed by atoms with Crippen LogP contribution in [0.5, 0.6) is 0 Å². The normalized spacial score (nSPS) is 18.6. The number of nitrogens with one attached hydrogen (secondary N) is 1. The first-order valence-electron chi connectivity index (χ1n) is 10.5. The molecule has 0 atom stereocenters. The van der Waals surface area contributed by atoms with Gasteiger partial charge in [0.1, 0.15) is 6.54 Å². The van der Waals surface area contributed by atoms with Crippen molar-refractivity contribution in [2.24, 2.45) is 0 Å². The third-order valence-electron chi connectivity index (χ3n) is 6.02. The number of rotatable bonds is 5. The summed E-state index contributed by atoms with van der Waals surface area (Å²) in [7, 11) is -3.61. The van der Waals surface area contributed by atoms with Crippen LogP contribution in [0.2, 0.25) is 0 Å². The van der Waals surface area contributed by atoms with Gasteiger partial charge in [-0.15, -0.1) is 0 Å². The highest BCUT2D eigenvalue weighted by atomic mass is 32.2. The molecule has 1 fully saturated rings. The number of carbonyl (C=O) groups excluding carboxylic acids is 2. The van der Waals surface area contributed by atoms with Crippen molar-refractivity contribution < 1.29 is 18.0 Å². The Balaban J connectivity index is 1.61. The van der Waals surface area contributed by atoms with Crippen LogP contribution in [0, 0.1) is 0 Å². The third kappa shape index (κ3) is 3.97. The number of hydrogen-bond acceptors (Lipinski definition) is 4. The van der Waals surface area contributed by atoms with Crippen molar-refractivity contribution in [1.82, 2.24) is 4.31 Å². The molecule has 7 nitrogen and oxygen atoms in total. The Morgan fingerprint density at radius 1 is 1.03 bits per heavy atom. The van der Waals surface area contributed by atoms with Gasteiger partial charge in [0.25, 0.3) is 0 Å². The van der Waals surface area contributed by atoms with Gasteiger partial charge in [0.2, 0.25) is 21.8 Å². The number of nitrogens with zero attached hydrogens (tertiary/aromatic N) is 2. The Morgan fingerprint density at radius 3 is 2.39 bits per heavy atom. The molecule has 1 saturated heterocycles. The van der Waals surface area contributed by atoms with Crippen LogP contribution in [-0.2, 0) is 25.0 Å². The molecule has 164 valence electrons. The maximum absolute atomic E-state index is 13.1. The van der Waals surface area contributed by atoms with Crippen LogP contribution in [0.4, 0.5) is 11.4 Å². The first-order chi connectivity index (χ1) is 14.7. The summed E-state index contributed by atoms with van der Waals surface area (Å²) in [5.74, 6) is -0.536. The molecular formula is C23H27N3O4S. The van der Waals surface area contributed by atoms with Gasteiger partial charge in [0, 0.05) is 24.5 Å². The van der Waals surface area contributed by atoms with E-state index < -0.39 is 15.4 Å². The van der Waals surface area contributed by atoms with E-state index in [1.165, 1.54) is 9.21 Å². The molecule has 0 bridgehead atoms. The predicted molar refractivity (Wildman–Crippen MR) is 120 cm³/mol. The zero-order chi connectivity index (χ0) is 22.2. The van der Waals surface area contributed by atoms with Crippen molar-refractivity contribution in [2.45, 2.75) is 43.4 Å². The summed E-state index contributed by atoms with van der Waals surface area (Å²) in [5.41, 5.74) is 0.941. The van der Waals surface area contributed by atoms with E-state index in [1.54, 1.807) is 44.2 Å². The largest absolute Gasteiger partial charge is 0.325 e. The molecule has 4 rings (SSSR count). The Morgan fingerprint density at radius 2 is 1.71 bits per heavy atom. The summed E-state index contributed by atoms with van der Waals surface area (Å²) in [6, 6.07) is 13.8. The van der Waals surface area contributed by atoms with Crippen LogP contribution in [0.15, 0.2) is 53.4 Å². The molecule has 2 aromatic rings. The fourth-order valence-electron chi connectivity index (χ4n) is 4.25. The fraction of sp³-hybridized carbons (Fsp3) is 0.391. The van der Waals surface area contributed by atoms with Crippen LogP contribution in [0.1, 0.15) is 38.7 Å². The Hall–Kier alpha value is -2.71. The van der Waals surface area contributed by atoms with Gasteiger partial charge in [-0.25, -0.2) is 8.42 Å². The minimum absolute atomic E-state index is 0.137. The summed E-state index contributed by atoms with van der Waals surface area (Å²) in [4.78, 5) is 27.3. The van der Waals surface area contributed by atoms with Gasteiger partial charge in [-0.3, -0.25) is 9.59 Å². The maximum Gasteiger partial charge on any atom is 0.244 e. The number of benzene rings is 2. The summed E-state index contributed by atoms with van der Waals surface area (Å²) in [5, 5.41) is 2.79. The molecule has 0 aliphatic carbocycles. The number of sulfonamides is 1. The Bertz CT molecular complexity index is 1110. The first-order valence-corrected chi connectivity index (χ1v) is 12.0. The van der Waals surface area contributed by atoms with E-state index in [0.717, 1.165) is 19.3 Å². The SMILES string of the molecule is CC1(C)C(=O)N(CC(=O)Nc2ccccc2)c2ccc(S(=O)(=O)N3CCCCC3)cc21. The van der Waals surface area contributed by atoms with Gasteiger partial charge in [-0.1, -0.05) is 24.6 Å². The van der Waals surface area contributed by atoms with E-state index in [2.05, 4.69) is 5.32 Å². The molecule has 2 aromatic carbocycles. The van der Waals surface area contributed by atoms with Crippen molar-refractivity contribution >= 4 is 33.2 Å². The van der Waals surface area contributed by atoms with Crippen LogP contribution < -0.4 is 10.2 Å². The highest BCUT2D eigenvalue weighted by Crippen LogP contribution is 2.42. The molecule has 0 unspecified atom stereocenters. The zero-order valence-electron chi connectivity index (χ0n) is 17.8. The van der Waals surface area contributed by atoms with E-state index in [-0.39, 0.29) is 23.3 Å². The van der Waals surface area contributed by atoms with E-state index in [0.29, 0.717) is 30.0 Å². The highest BCUT2D eigenvalue weighted by Gasteiger charge is 2.45. The summed E-state index contributed by atoms with van der Waals surface area (Å²) < 4.78 is 27.7. The number of para-hydroxylation sites is 1. The molecule has 0 radical (unpaired) electrons. The standard InChI is InChI=1S/C23H27N3O4S/c1-23(2)19-15-18(31(29,30)25-13-7-4-8-14-25)11-12-20(19)26(22(23)28)16-21(27)24-17-9-5-3-6-10-17/h3,5-6,9-12,15H,4,7-8,13-14,16H2,1-2H3,(H,24,27). The zero-order valence-corrected chi connectivity index (χ0v) is 18.6. The lowest BCUT2D eigenvalue weighted by molar-refractivity contribution is -0.124. The minimum Gasteiger partial charge on any atom is -0.325 e. The second-order valence-electron chi connectivity index (χ2n) is 8.57. The smallest absolute Gasteiger partial charge is 0.244 e. The van der Waals surface area contributed by atoms with Gasteiger partial charge >= 0.3 is 0 Å². The Labute approximate surface area is 183 Å². The van der Waals surface area contributed by atoms with E-state index in [1.807, 2.05) is 18.2 Å². The molecule has 2 amide bonds. The van der Waals surface area contributed by atoms with Crippen molar-refractivity contribution in [3.05, 3.63) is 54.1 Å². The van der Waals surface area contributed by atoms with E-state index in [4.69, 9.17) is 0 Å². The van der Waals surface area contributed by atoms with Gasteiger partial charge in [0.05, 0.1) is 10.3 Å². The number of piperidine rings is 1. The second-order valence-corrected chi connectivity index (χ2v) is 10.5. The summed E-state index contributed by atoms with van der Waals surface area (Å²) in [6.07, 6.45) is 2.76. The van der Waals surface area contributed by atoms with Crippen molar-refractivity contribution in [3.8, 4) is 0 Å². The minimum atomic E-state index is -3.61. The lowest BCUT2D eigenvalue weighted by atomic mass is 9.86. The lowest BCUT2D eigenvalue weighted by Gasteiger charge is -2.26. The Kier molecular flexibility index (Phi) is 5.61. The molecule has 2 heterocycles. The topological polar surface area (TPSA) is 86.8 Å². The number of hydrogen-bond donors (Lipinski definition) is 1. The summed E-state index contributed by atoms with van der Waals surface area (Å²) >= 11 is 0. The van der Waals surface area contributed by atoms with Gasteiger partial charge in [0.15, 0.2) is 0 Å². The highest BCUT2D eigenvalue weighted by molar-refractivity contribution is 7.89. The summed E-state index contributed by atoms with van der Waals surface area (Å²) in [6.45, 7) is 4.44. The van der Waals surface area contributed by atoms with Gasteiger partial charge in [-0.05, 0) is 62.6 Å². The molecular weight excluding hydrogens is 414 g/mol. The second kappa shape index (κ2) is 8.09. The molecule has 1 N–H and O–H groups in total. The van der Waals surface area contributed by atoms with Crippen molar-refractivity contribution in [2.75, 3.05) is 29.9 Å². The van der Waals surface area contributed by atoms with Crippen LogP contribution in [0.3, 0.4) is 0 Å². The number of amides is 2. The molecule has 8 heteroatoms. The predicted octanol–water partition coefficient (Wildman–Crippen LogP) is 3.12. The van der Waals surface area contributed by atoms with Gasteiger partial charge < -0.3 is 10.2 Å². The lowest BCUT2D eigenvalue weighted by Crippen LogP contribution is -2.40. The van der Waals surface area contributed by atoms with Crippen molar-refractivity contribution in [1.29, 1.82) is 0 Å². The molecule has 2 aliphatic rings. The number of anilines is 2. The average molecular weight is 442 g/mol. The molecule has 2 aliphatic heterocycles. The molecule has 0 saturated carbocycles. The number of carbonyl (C=O) groups is 2. The van der Waals surface area contributed by atoms with Crippen LogP contribution in [0.25, 0.3) is 0 Å². The molecule has 31 heavy (non-hydrogen) atoms. The van der Waals surface area contributed by atoms with E-state index >= 15 is 0 Å². The van der Waals surface area contributed by atoms with Crippen molar-refractivity contribution in [3.63, 3.8) is 0 Å². The first kappa shape index (κ1) is 21.5. The monoisotopic (exact) mass is 441 g/mol. The van der Waals surface area contributed by atoms with Crippen LogP contribution >= 0.6 is 0 Å². The average Bonchev–Trinajstić information content (AvgIpc) is 2.95. The van der Waals surface area contributed by atoms with E-state index in [9.17, 15) is 18.0 Å². The van der Waals surface area contributed by atoms with Gasteiger partial charge in [-0.2, -0.15) is 4.31 Å². The number of fused-ring (bicyclic) bond motifs is 1. The molecule has 0 aromatic heterocycles. The maximum atomic E-state index is 13.1. The molecule has 0 spiro atoms. The quantitative estimate of drug-likeness (QED) is 0.772. The van der Waals surface area contributed by atoms with Crippen LogP contribution in [-0.4, -0.2) is 44.2 Å². The fourth-order valence-corrected chi connectivity index (χ4v) is 5.79. The third-order valence-corrected chi connectivity index (χ3v) is 7.92.